The minimum absolute atomic E-state index is 0.529. The Morgan fingerprint density at radius 1 is 1.38 bits per heavy atom. The van der Waals surface area contributed by atoms with Crippen LogP contribution in [0.1, 0.15) is 49.9 Å². The Balaban J connectivity index is 1.34. The lowest BCUT2D eigenvalue weighted by molar-refractivity contribution is 0.0273. The molecule has 0 saturated heterocycles. The van der Waals surface area contributed by atoms with Gasteiger partial charge in [0, 0.05) is 24.7 Å². The summed E-state index contributed by atoms with van der Waals surface area (Å²) in [6.45, 7) is 4.86. The van der Waals surface area contributed by atoms with Crippen molar-refractivity contribution in [3.8, 4) is 0 Å². The quantitative estimate of drug-likeness (QED) is 0.795. The first-order chi connectivity index (χ1) is 10.3. The molecule has 21 heavy (non-hydrogen) atoms. The van der Waals surface area contributed by atoms with Crippen LogP contribution >= 0.6 is 11.3 Å². The summed E-state index contributed by atoms with van der Waals surface area (Å²) in [5.41, 5.74) is 2.41. The van der Waals surface area contributed by atoms with Crippen LogP contribution in [0.3, 0.4) is 0 Å². The number of aromatic nitrogens is 2. The number of fused-ring (bicyclic) bond motifs is 1. The number of thiazole rings is 1. The molecular weight excluding hydrogens is 282 g/mol. The van der Waals surface area contributed by atoms with E-state index in [2.05, 4.69) is 33.2 Å². The molecule has 0 amide bonds. The summed E-state index contributed by atoms with van der Waals surface area (Å²) in [5, 5.41) is 5.60. The number of imidazole rings is 1. The third-order valence-electron chi connectivity index (χ3n) is 4.26. The Kier molecular flexibility index (Phi) is 5.27. The Hall–Kier alpha value is -0.910. The second-order valence-corrected chi connectivity index (χ2v) is 6.73. The van der Waals surface area contributed by atoms with E-state index in [1.54, 1.807) is 11.3 Å². The van der Waals surface area contributed by atoms with Crippen molar-refractivity contribution in [3.63, 3.8) is 0 Å². The first kappa shape index (κ1) is 15.0. The molecule has 0 spiro atoms. The predicted octanol–water partition coefficient (Wildman–Crippen LogP) is 3.53. The lowest BCUT2D eigenvalue weighted by Crippen LogP contribution is -2.21. The van der Waals surface area contributed by atoms with Gasteiger partial charge in [0.25, 0.3) is 0 Å². The van der Waals surface area contributed by atoms with Crippen LogP contribution in [0.15, 0.2) is 11.6 Å². The smallest absolute Gasteiger partial charge is 0.194 e. The maximum absolute atomic E-state index is 5.95. The van der Waals surface area contributed by atoms with E-state index in [4.69, 9.17) is 4.74 Å². The third-order valence-corrected chi connectivity index (χ3v) is 5.01. The van der Waals surface area contributed by atoms with Crippen molar-refractivity contribution in [3.05, 3.63) is 23.0 Å². The van der Waals surface area contributed by atoms with E-state index >= 15 is 0 Å². The Labute approximate surface area is 130 Å². The molecule has 2 aromatic rings. The van der Waals surface area contributed by atoms with Gasteiger partial charge in [-0.1, -0.05) is 19.3 Å². The minimum Gasteiger partial charge on any atom is -0.378 e. The third kappa shape index (κ3) is 3.84. The molecular formula is C16H25N3OS. The fourth-order valence-corrected chi connectivity index (χ4v) is 3.82. The Bertz CT molecular complexity index is 557. The number of hydrogen-bond acceptors (Lipinski definition) is 4. The van der Waals surface area contributed by atoms with Gasteiger partial charge in [-0.25, -0.2) is 4.98 Å². The first-order valence-corrected chi connectivity index (χ1v) is 8.96. The highest BCUT2D eigenvalue weighted by Crippen LogP contribution is 2.20. The van der Waals surface area contributed by atoms with Crippen LogP contribution in [0.25, 0.3) is 4.96 Å². The van der Waals surface area contributed by atoms with Crippen LogP contribution in [-0.2, 0) is 11.3 Å². The van der Waals surface area contributed by atoms with Gasteiger partial charge < -0.3 is 10.1 Å². The van der Waals surface area contributed by atoms with Gasteiger partial charge in [0.15, 0.2) is 4.96 Å². The highest BCUT2D eigenvalue weighted by Gasteiger charge is 2.13. The SMILES string of the molecule is Cc1nc2sccn2c1CNCCCOC1CCCCC1. The molecule has 4 nitrogen and oxygen atoms in total. The Morgan fingerprint density at radius 3 is 3.10 bits per heavy atom. The molecule has 3 rings (SSSR count). The Morgan fingerprint density at radius 2 is 2.24 bits per heavy atom. The predicted molar refractivity (Wildman–Crippen MR) is 87.0 cm³/mol. The number of ether oxygens (including phenoxy) is 1. The van der Waals surface area contributed by atoms with Crippen molar-refractivity contribution < 1.29 is 4.74 Å². The lowest BCUT2D eigenvalue weighted by Gasteiger charge is -2.21. The molecule has 1 aliphatic carbocycles. The highest BCUT2D eigenvalue weighted by molar-refractivity contribution is 7.15. The second-order valence-electron chi connectivity index (χ2n) is 5.86. The number of aryl methyl sites for hydroxylation is 1. The summed E-state index contributed by atoms with van der Waals surface area (Å²) in [4.78, 5) is 5.65. The molecule has 0 atom stereocenters. The summed E-state index contributed by atoms with van der Waals surface area (Å²) >= 11 is 1.69. The van der Waals surface area contributed by atoms with Crippen molar-refractivity contribution in [1.82, 2.24) is 14.7 Å². The summed E-state index contributed by atoms with van der Waals surface area (Å²) in [6.07, 6.45) is 10.3. The molecule has 0 aromatic carbocycles. The maximum atomic E-state index is 5.95. The average molecular weight is 307 g/mol. The number of rotatable bonds is 7. The van der Waals surface area contributed by atoms with E-state index in [0.717, 1.165) is 36.8 Å². The minimum atomic E-state index is 0.529. The standard InChI is InChI=1S/C16H25N3OS/c1-13-15(19-9-11-21-16(19)18-13)12-17-8-5-10-20-14-6-3-2-4-7-14/h9,11,14,17H,2-8,10,12H2,1H3. The molecule has 2 heterocycles. The van der Waals surface area contributed by atoms with Crippen molar-refractivity contribution in [2.24, 2.45) is 0 Å². The summed E-state index contributed by atoms with van der Waals surface area (Å²) in [5.74, 6) is 0. The van der Waals surface area contributed by atoms with E-state index < -0.39 is 0 Å². The fraction of sp³-hybridized carbons (Fsp3) is 0.688. The summed E-state index contributed by atoms with van der Waals surface area (Å²) in [7, 11) is 0. The fourth-order valence-electron chi connectivity index (χ4n) is 3.04. The molecule has 2 aromatic heterocycles. The molecule has 1 fully saturated rings. The topological polar surface area (TPSA) is 38.6 Å². The molecule has 0 radical (unpaired) electrons. The molecule has 0 bridgehead atoms. The number of nitrogens with one attached hydrogen (secondary N) is 1. The zero-order valence-corrected chi connectivity index (χ0v) is 13.6. The van der Waals surface area contributed by atoms with Crippen molar-refractivity contribution >= 4 is 16.3 Å². The van der Waals surface area contributed by atoms with Crippen LogP contribution in [-0.4, -0.2) is 28.6 Å². The zero-order chi connectivity index (χ0) is 14.5. The van der Waals surface area contributed by atoms with E-state index in [9.17, 15) is 0 Å². The van der Waals surface area contributed by atoms with Gasteiger partial charge in [0.1, 0.15) is 0 Å². The molecule has 116 valence electrons. The zero-order valence-electron chi connectivity index (χ0n) is 12.8. The van der Waals surface area contributed by atoms with Crippen molar-refractivity contribution in [2.75, 3.05) is 13.2 Å². The largest absolute Gasteiger partial charge is 0.378 e. The van der Waals surface area contributed by atoms with Crippen molar-refractivity contribution in [2.45, 2.75) is 58.1 Å². The van der Waals surface area contributed by atoms with Gasteiger partial charge in [-0.3, -0.25) is 4.40 Å². The monoisotopic (exact) mass is 307 g/mol. The van der Waals surface area contributed by atoms with E-state index in [1.807, 2.05) is 0 Å². The van der Waals surface area contributed by atoms with Crippen LogP contribution in [0.4, 0.5) is 0 Å². The second kappa shape index (κ2) is 7.38. The van der Waals surface area contributed by atoms with Gasteiger partial charge in [-0.15, -0.1) is 11.3 Å². The number of nitrogens with zero attached hydrogens (tertiary/aromatic N) is 2. The lowest BCUT2D eigenvalue weighted by atomic mass is 9.98. The van der Waals surface area contributed by atoms with Crippen molar-refractivity contribution in [1.29, 1.82) is 0 Å². The normalized spacial score (nSPS) is 16.8. The molecule has 1 N–H and O–H groups in total. The summed E-state index contributed by atoms with van der Waals surface area (Å²) < 4.78 is 8.13. The summed E-state index contributed by atoms with van der Waals surface area (Å²) in [6, 6.07) is 0. The van der Waals surface area contributed by atoms with E-state index in [0.29, 0.717) is 6.10 Å². The highest BCUT2D eigenvalue weighted by atomic mass is 32.1. The van der Waals surface area contributed by atoms with Gasteiger partial charge >= 0.3 is 0 Å². The van der Waals surface area contributed by atoms with Crippen LogP contribution in [0, 0.1) is 6.92 Å². The van der Waals surface area contributed by atoms with Gasteiger partial charge in [-0.05, 0) is 32.7 Å². The van der Waals surface area contributed by atoms with Crippen LogP contribution in [0.2, 0.25) is 0 Å². The first-order valence-electron chi connectivity index (χ1n) is 8.08. The van der Waals surface area contributed by atoms with E-state index in [-0.39, 0.29) is 0 Å². The average Bonchev–Trinajstić information content (AvgIpc) is 3.05. The molecule has 0 aliphatic heterocycles. The maximum Gasteiger partial charge on any atom is 0.194 e. The molecule has 1 saturated carbocycles. The van der Waals surface area contributed by atoms with E-state index in [1.165, 1.54) is 37.8 Å². The number of hydrogen-bond donors (Lipinski definition) is 1. The molecule has 5 heteroatoms. The molecule has 0 unspecified atom stereocenters. The van der Waals surface area contributed by atoms with Crippen LogP contribution < -0.4 is 5.32 Å². The molecule has 1 aliphatic rings. The van der Waals surface area contributed by atoms with Gasteiger partial charge in [-0.2, -0.15) is 0 Å². The van der Waals surface area contributed by atoms with Gasteiger partial charge in [0.2, 0.25) is 0 Å². The van der Waals surface area contributed by atoms with Crippen LogP contribution in [0.5, 0.6) is 0 Å². The van der Waals surface area contributed by atoms with Gasteiger partial charge in [0.05, 0.1) is 17.5 Å².